The fraction of sp³-hybridized carbons (Fsp3) is 0.875. The van der Waals surface area contributed by atoms with E-state index in [9.17, 15) is 4.79 Å². The fourth-order valence-corrected chi connectivity index (χ4v) is 1.35. The van der Waals surface area contributed by atoms with Gasteiger partial charge >= 0.3 is 0 Å². The Bertz CT molecular complexity index is 161. The van der Waals surface area contributed by atoms with E-state index in [0.29, 0.717) is 0 Å². The van der Waals surface area contributed by atoms with Crippen LogP contribution in [0.1, 0.15) is 20.3 Å². The molecule has 0 spiro atoms. The van der Waals surface area contributed by atoms with Gasteiger partial charge in [-0.3, -0.25) is 4.79 Å². The minimum Gasteiger partial charge on any atom is -0.341 e. The van der Waals surface area contributed by atoms with Crippen LogP contribution in [0.4, 0.5) is 0 Å². The van der Waals surface area contributed by atoms with Crippen LogP contribution in [-0.2, 0) is 4.79 Å². The normalized spacial score (nSPS) is 22.7. The number of halogens is 1. The molecule has 0 saturated carbocycles. The molecule has 0 bridgehead atoms. The molecular formula is C8H17ClN2O. The number of nitrogens with zero attached hydrogens (tertiary/aromatic N) is 1. The van der Waals surface area contributed by atoms with E-state index in [1.54, 1.807) is 0 Å². The van der Waals surface area contributed by atoms with E-state index in [2.05, 4.69) is 0 Å². The third-order valence-electron chi connectivity index (χ3n) is 2.03. The summed E-state index contributed by atoms with van der Waals surface area (Å²) in [5, 5.41) is 0. The fourth-order valence-electron chi connectivity index (χ4n) is 1.35. The van der Waals surface area contributed by atoms with E-state index in [-0.39, 0.29) is 30.3 Å². The zero-order chi connectivity index (χ0) is 8.43. The molecule has 0 radical (unpaired) electrons. The third-order valence-corrected chi connectivity index (χ3v) is 2.03. The Hall–Kier alpha value is -0.280. The summed E-state index contributed by atoms with van der Waals surface area (Å²) in [6, 6.07) is 0.206. The predicted octanol–water partition coefficient (Wildman–Crippen LogP) is 0.624. The smallest absolute Gasteiger partial charge is 0.225 e. The lowest BCUT2D eigenvalue weighted by molar-refractivity contribution is -0.133. The van der Waals surface area contributed by atoms with Crippen molar-refractivity contribution in [1.82, 2.24) is 4.90 Å². The second-order valence-electron chi connectivity index (χ2n) is 3.49. The van der Waals surface area contributed by atoms with E-state index in [1.807, 2.05) is 18.7 Å². The Labute approximate surface area is 79.7 Å². The third kappa shape index (κ3) is 2.64. The van der Waals surface area contributed by atoms with Crippen LogP contribution >= 0.6 is 12.4 Å². The molecule has 1 heterocycles. The lowest BCUT2D eigenvalue weighted by Gasteiger charge is -2.17. The topological polar surface area (TPSA) is 46.3 Å². The van der Waals surface area contributed by atoms with Gasteiger partial charge in [0.05, 0.1) is 0 Å². The zero-order valence-electron chi connectivity index (χ0n) is 7.62. The molecule has 2 N–H and O–H groups in total. The van der Waals surface area contributed by atoms with Crippen LogP contribution in [0.5, 0.6) is 0 Å². The van der Waals surface area contributed by atoms with Gasteiger partial charge in [-0.05, 0) is 6.42 Å². The van der Waals surface area contributed by atoms with Crippen molar-refractivity contribution >= 4 is 18.3 Å². The van der Waals surface area contributed by atoms with Crippen LogP contribution in [-0.4, -0.2) is 29.9 Å². The van der Waals surface area contributed by atoms with Gasteiger partial charge in [-0.1, -0.05) is 13.8 Å². The van der Waals surface area contributed by atoms with Gasteiger partial charge in [0.15, 0.2) is 0 Å². The molecule has 0 aromatic carbocycles. The van der Waals surface area contributed by atoms with Gasteiger partial charge in [-0.25, -0.2) is 0 Å². The first-order valence-electron chi connectivity index (χ1n) is 4.15. The lowest BCUT2D eigenvalue weighted by atomic mass is 10.2. The molecule has 72 valence electrons. The quantitative estimate of drug-likeness (QED) is 0.663. The minimum atomic E-state index is 0. The highest BCUT2D eigenvalue weighted by atomic mass is 35.5. The van der Waals surface area contributed by atoms with Crippen LogP contribution < -0.4 is 5.73 Å². The molecule has 1 aliphatic heterocycles. The van der Waals surface area contributed by atoms with E-state index in [1.165, 1.54) is 0 Å². The number of carbonyl (C=O) groups is 1. The highest BCUT2D eigenvalue weighted by molar-refractivity contribution is 5.85. The first-order valence-corrected chi connectivity index (χ1v) is 4.15. The van der Waals surface area contributed by atoms with Gasteiger partial charge in [0.25, 0.3) is 0 Å². The first-order chi connectivity index (χ1) is 5.11. The Morgan fingerprint density at radius 3 is 2.50 bits per heavy atom. The summed E-state index contributed by atoms with van der Waals surface area (Å²) in [5.74, 6) is 0.346. The van der Waals surface area contributed by atoms with Gasteiger partial charge in [0.1, 0.15) is 0 Å². The molecule has 0 aromatic rings. The van der Waals surface area contributed by atoms with Crippen LogP contribution in [0.3, 0.4) is 0 Å². The van der Waals surface area contributed by atoms with Gasteiger partial charge in [0.2, 0.25) is 5.91 Å². The maximum atomic E-state index is 11.4. The highest BCUT2D eigenvalue weighted by Gasteiger charge is 2.24. The first kappa shape index (κ1) is 11.7. The Balaban J connectivity index is 0.00000121. The number of carbonyl (C=O) groups excluding carboxylic acids is 1. The van der Waals surface area contributed by atoms with Gasteiger partial charge in [-0.15, -0.1) is 12.4 Å². The zero-order valence-corrected chi connectivity index (χ0v) is 8.43. The number of hydrogen-bond acceptors (Lipinski definition) is 2. The van der Waals surface area contributed by atoms with Crippen molar-refractivity contribution in [3.05, 3.63) is 0 Å². The molecule has 1 unspecified atom stereocenters. The molecule has 4 heteroatoms. The summed E-state index contributed by atoms with van der Waals surface area (Å²) >= 11 is 0. The molecule has 3 nitrogen and oxygen atoms in total. The lowest BCUT2D eigenvalue weighted by Crippen LogP contribution is -2.34. The van der Waals surface area contributed by atoms with Crippen LogP contribution in [0, 0.1) is 5.92 Å². The molecule has 12 heavy (non-hydrogen) atoms. The average Bonchev–Trinajstić information content (AvgIpc) is 2.34. The van der Waals surface area contributed by atoms with Gasteiger partial charge in [-0.2, -0.15) is 0 Å². The maximum absolute atomic E-state index is 11.4. The van der Waals surface area contributed by atoms with Gasteiger partial charge in [0, 0.05) is 25.0 Å². The Morgan fingerprint density at radius 1 is 1.58 bits per heavy atom. The summed E-state index contributed by atoms with van der Waals surface area (Å²) in [6.45, 7) is 5.44. The average molecular weight is 193 g/mol. The second-order valence-corrected chi connectivity index (χ2v) is 3.49. The Kier molecular flexibility index (Phi) is 4.57. The van der Waals surface area contributed by atoms with Crippen molar-refractivity contribution in [2.75, 3.05) is 13.1 Å². The van der Waals surface area contributed by atoms with E-state index < -0.39 is 0 Å². The molecular weight excluding hydrogens is 176 g/mol. The molecule has 0 aliphatic carbocycles. The van der Waals surface area contributed by atoms with Crippen molar-refractivity contribution in [1.29, 1.82) is 0 Å². The number of nitrogens with two attached hydrogens (primary N) is 1. The van der Waals surface area contributed by atoms with Crippen LogP contribution in [0.15, 0.2) is 0 Å². The van der Waals surface area contributed by atoms with Crippen molar-refractivity contribution < 1.29 is 4.79 Å². The van der Waals surface area contributed by atoms with E-state index in [4.69, 9.17) is 5.73 Å². The molecule has 1 fully saturated rings. The summed E-state index contributed by atoms with van der Waals surface area (Å²) in [4.78, 5) is 13.2. The molecule has 1 atom stereocenters. The molecule has 1 saturated heterocycles. The van der Waals surface area contributed by atoms with Crippen molar-refractivity contribution in [3.8, 4) is 0 Å². The van der Waals surface area contributed by atoms with Crippen molar-refractivity contribution in [2.24, 2.45) is 11.7 Å². The minimum absolute atomic E-state index is 0. The molecule has 0 aromatic heterocycles. The monoisotopic (exact) mass is 192 g/mol. The Morgan fingerprint density at radius 2 is 2.17 bits per heavy atom. The predicted molar refractivity (Wildman–Crippen MR) is 51.3 cm³/mol. The van der Waals surface area contributed by atoms with Crippen LogP contribution in [0.25, 0.3) is 0 Å². The van der Waals surface area contributed by atoms with Crippen molar-refractivity contribution in [2.45, 2.75) is 26.3 Å². The van der Waals surface area contributed by atoms with E-state index in [0.717, 1.165) is 19.5 Å². The van der Waals surface area contributed by atoms with Gasteiger partial charge < -0.3 is 10.6 Å². The molecule has 1 aliphatic rings. The number of hydrogen-bond donors (Lipinski definition) is 1. The summed E-state index contributed by atoms with van der Waals surface area (Å²) in [5.41, 5.74) is 5.67. The standard InChI is InChI=1S/C8H16N2O.ClH/c1-6(2)8(11)10-4-3-7(9)5-10;/h6-7H,3-5,9H2,1-2H3;1H. The van der Waals surface area contributed by atoms with E-state index >= 15 is 0 Å². The maximum Gasteiger partial charge on any atom is 0.225 e. The molecule has 1 amide bonds. The van der Waals surface area contributed by atoms with Crippen molar-refractivity contribution in [3.63, 3.8) is 0 Å². The summed E-state index contributed by atoms with van der Waals surface area (Å²) in [7, 11) is 0. The molecule has 1 rings (SSSR count). The van der Waals surface area contributed by atoms with Crippen LogP contribution in [0.2, 0.25) is 0 Å². The summed E-state index contributed by atoms with van der Waals surface area (Å²) in [6.07, 6.45) is 0.957. The summed E-state index contributed by atoms with van der Waals surface area (Å²) < 4.78 is 0. The highest BCUT2D eigenvalue weighted by Crippen LogP contribution is 2.10. The second kappa shape index (κ2) is 4.67. The largest absolute Gasteiger partial charge is 0.341 e. The number of rotatable bonds is 1. The number of likely N-dealkylation sites (tertiary alicyclic amines) is 1. The number of amides is 1. The SMILES string of the molecule is CC(C)C(=O)N1CCC(N)C1.Cl.